The minimum Gasteiger partial charge on any atom is -0.472 e. The molecule has 0 aromatic carbocycles. The molecule has 1 fully saturated rings. The Hall–Kier alpha value is -1.36. The van der Waals surface area contributed by atoms with E-state index in [1.54, 1.807) is 12.4 Å². The van der Waals surface area contributed by atoms with E-state index in [4.69, 9.17) is 9.47 Å². The highest BCUT2D eigenvalue weighted by molar-refractivity contribution is 5.44. The zero-order valence-corrected chi connectivity index (χ0v) is 10.6. The van der Waals surface area contributed by atoms with E-state index in [9.17, 15) is 0 Å². The molecular formula is C12H19N3O2. The van der Waals surface area contributed by atoms with Gasteiger partial charge in [-0.05, 0) is 13.8 Å². The molecule has 0 saturated carbocycles. The fraction of sp³-hybridized carbons (Fsp3) is 0.667. The number of nitrogens with zero attached hydrogens (tertiary/aromatic N) is 2. The van der Waals surface area contributed by atoms with Gasteiger partial charge in [0, 0.05) is 24.4 Å². The van der Waals surface area contributed by atoms with Crippen LogP contribution in [0.4, 0.5) is 5.82 Å². The average Bonchev–Trinajstić information content (AvgIpc) is 2.25. The molecule has 1 aromatic rings. The lowest BCUT2D eigenvalue weighted by atomic mass is 9.89. The van der Waals surface area contributed by atoms with Gasteiger partial charge < -0.3 is 14.8 Å². The van der Waals surface area contributed by atoms with Crippen LogP contribution in [0, 0.1) is 5.41 Å². The monoisotopic (exact) mass is 237 g/mol. The molecule has 0 atom stereocenters. The van der Waals surface area contributed by atoms with Crippen molar-refractivity contribution in [2.45, 2.75) is 26.9 Å². The van der Waals surface area contributed by atoms with E-state index in [0.29, 0.717) is 11.7 Å². The smallest absolute Gasteiger partial charge is 0.257 e. The van der Waals surface area contributed by atoms with Crippen LogP contribution in [0.3, 0.4) is 0 Å². The molecule has 1 aliphatic heterocycles. The summed E-state index contributed by atoms with van der Waals surface area (Å²) in [5.74, 6) is 1.26. The molecule has 1 aromatic heterocycles. The Morgan fingerprint density at radius 1 is 1.41 bits per heavy atom. The lowest BCUT2D eigenvalue weighted by molar-refractivity contribution is -0.0925. The standard InChI is InChI=1S/C12H19N3O2/c1-9(2)17-11-10(13-4-5-14-11)15-6-12(3)7-16-8-12/h4-5,9H,6-8H2,1-3H3,(H,13,15). The van der Waals surface area contributed by atoms with Crippen LogP contribution in [0.5, 0.6) is 5.88 Å². The fourth-order valence-electron chi connectivity index (χ4n) is 1.61. The highest BCUT2D eigenvalue weighted by Crippen LogP contribution is 2.28. The van der Waals surface area contributed by atoms with Crippen molar-refractivity contribution in [3.63, 3.8) is 0 Å². The van der Waals surface area contributed by atoms with Crippen molar-refractivity contribution < 1.29 is 9.47 Å². The summed E-state index contributed by atoms with van der Waals surface area (Å²) in [5.41, 5.74) is 0.201. The summed E-state index contributed by atoms with van der Waals surface area (Å²) in [6, 6.07) is 0. The van der Waals surface area contributed by atoms with Gasteiger partial charge in [-0.2, -0.15) is 0 Å². The molecular weight excluding hydrogens is 218 g/mol. The van der Waals surface area contributed by atoms with Gasteiger partial charge in [0.25, 0.3) is 5.88 Å². The molecule has 0 amide bonds. The summed E-state index contributed by atoms with van der Waals surface area (Å²) in [5, 5.41) is 3.28. The first-order valence-electron chi connectivity index (χ1n) is 5.88. The second-order valence-electron chi connectivity index (χ2n) is 5.03. The predicted octanol–water partition coefficient (Wildman–Crippen LogP) is 1.71. The van der Waals surface area contributed by atoms with Gasteiger partial charge in [-0.15, -0.1) is 0 Å². The first-order chi connectivity index (χ1) is 8.09. The molecule has 0 aliphatic carbocycles. The fourth-order valence-corrected chi connectivity index (χ4v) is 1.61. The highest BCUT2D eigenvalue weighted by Gasteiger charge is 2.33. The minimum atomic E-state index is 0.0925. The average molecular weight is 237 g/mol. The SMILES string of the molecule is CC(C)Oc1nccnc1NCC1(C)COC1. The van der Waals surface area contributed by atoms with Gasteiger partial charge in [-0.25, -0.2) is 9.97 Å². The van der Waals surface area contributed by atoms with E-state index in [1.807, 2.05) is 13.8 Å². The number of aromatic nitrogens is 2. The van der Waals surface area contributed by atoms with Gasteiger partial charge in [0.2, 0.25) is 0 Å². The molecule has 1 N–H and O–H groups in total. The minimum absolute atomic E-state index is 0.0925. The van der Waals surface area contributed by atoms with Gasteiger partial charge in [0.05, 0.1) is 19.3 Å². The van der Waals surface area contributed by atoms with E-state index in [1.165, 1.54) is 0 Å². The lowest BCUT2D eigenvalue weighted by Crippen LogP contribution is -2.45. The third kappa shape index (κ3) is 3.06. The molecule has 0 spiro atoms. The topological polar surface area (TPSA) is 56.3 Å². The second kappa shape index (κ2) is 4.87. The first-order valence-corrected chi connectivity index (χ1v) is 5.88. The molecule has 1 saturated heterocycles. The van der Waals surface area contributed by atoms with Crippen molar-refractivity contribution in [3.8, 4) is 5.88 Å². The Morgan fingerprint density at radius 2 is 2.12 bits per heavy atom. The Kier molecular flexibility index (Phi) is 3.47. The summed E-state index contributed by atoms with van der Waals surface area (Å²) in [6.45, 7) is 8.53. The number of nitrogens with one attached hydrogen (secondary N) is 1. The van der Waals surface area contributed by atoms with Crippen LogP contribution in [0.25, 0.3) is 0 Å². The molecule has 0 bridgehead atoms. The second-order valence-corrected chi connectivity index (χ2v) is 5.03. The number of anilines is 1. The van der Waals surface area contributed by atoms with Gasteiger partial charge in [-0.1, -0.05) is 6.92 Å². The zero-order chi connectivity index (χ0) is 12.3. The first kappa shape index (κ1) is 12.1. The molecule has 0 unspecified atom stereocenters. The molecule has 1 aliphatic rings. The molecule has 0 radical (unpaired) electrons. The van der Waals surface area contributed by atoms with Crippen molar-refractivity contribution in [2.75, 3.05) is 25.1 Å². The lowest BCUT2D eigenvalue weighted by Gasteiger charge is -2.38. The summed E-state index contributed by atoms with van der Waals surface area (Å²) in [7, 11) is 0. The maximum Gasteiger partial charge on any atom is 0.257 e. The molecule has 5 nitrogen and oxygen atoms in total. The molecule has 94 valence electrons. The van der Waals surface area contributed by atoms with Crippen LogP contribution >= 0.6 is 0 Å². The van der Waals surface area contributed by atoms with E-state index in [0.717, 1.165) is 19.8 Å². The molecule has 17 heavy (non-hydrogen) atoms. The van der Waals surface area contributed by atoms with E-state index in [2.05, 4.69) is 22.2 Å². The third-order valence-electron chi connectivity index (χ3n) is 2.60. The molecule has 2 heterocycles. The number of ether oxygens (including phenoxy) is 2. The van der Waals surface area contributed by atoms with E-state index >= 15 is 0 Å². The zero-order valence-electron chi connectivity index (χ0n) is 10.6. The van der Waals surface area contributed by atoms with Crippen molar-refractivity contribution >= 4 is 5.82 Å². The Labute approximate surface area is 102 Å². The predicted molar refractivity (Wildman–Crippen MR) is 65.2 cm³/mol. The van der Waals surface area contributed by atoms with Gasteiger partial charge in [0.15, 0.2) is 5.82 Å². The van der Waals surface area contributed by atoms with Gasteiger partial charge >= 0.3 is 0 Å². The van der Waals surface area contributed by atoms with Crippen molar-refractivity contribution in [1.82, 2.24) is 9.97 Å². The van der Waals surface area contributed by atoms with E-state index in [-0.39, 0.29) is 11.5 Å². The van der Waals surface area contributed by atoms with Crippen LogP contribution in [0.1, 0.15) is 20.8 Å². The van der Waals surface area contributed by atoms with Crippen LogP contribution in [0.2, 0.25) is 0 Å². The van der Waals surface area contributed by atoms with Gasteiger partial charge in [0.1, 0.15) is 0 Å². The van der Waals surface area contributed by atoms with Crippen molar-refractivity contribution in [1.29, 1.82) is 0 Å². The number of rotatable bonds is 5. The summed E-state index contributed by atoms with van der Waals surface area (Å²) in [6.07, 6.45) is 3.39. The van der Waals surface area contributed by atoms with Crippen LogP contribution in [-0.4, -0.2) is 35.8 Å². The maximum atomic E-state index is 5.59. The largest absolute Gasteiger partial charge is 0.472 e. The Morgan fingerprint density at radius 3 is 2.71 bits per heavy atom. The van der Waals surface area contributed by atoms with Crippen LogP contribution in [-0.2, 0) is 4.74 Å². The quantitative estimate of drug-likeness (QED) is 0.845. The van der Waals surface area contributed by atoms with Gasteiger partial charge in [-0.3, -0.25) is 0 Å². The third-order valence-corrected chi connectivity index (χ3v) is 2.60. The normalized spacial score (nSPS) is 17.6. The van der Waals surface area contributed by atoms with Crippen molar-refractivity contribution in [3.05, 3.63) is 12.4 Å². The number of hydrogen-bond donors (Lipinski definition) is 1. The summed E-state index contributed by atoms with van der Waals surface area (Å²) >= 11 is 0. The highest BCUT2D eigenvalue weighted by atomic mass is 16.5. The maximum absolute atomic E-state index is 5.59. The Bertz CT molecular complexity index is 378. The molecule has 2 rings (SSSR count). The van der Waals surface area contributed by atoms with Crippen LogP contribution < -0.4 is 10.1 Å². The molecule has 5 heteroatoms. The summed E-state index contributed by atoms with van der Waals surface area (Å²) < 4.78 is 10.8. The van der Waals surface area contributed by atoms with E-state index < -0.39 is 0 Å². The van der Waals surface area contributed by atoms with Crippen molar-refractivity contribution in [2.24, 2.45) is 5.41 Å². The van der Waals surface area contributed by atoms with Crippen LogP contribution in [0.15, 0.2) is 12.4 Å². The summed E-state index contributed by atoms with van der Waals surface area (Å²) in [4.78, 5) is 8.44. The number of hydrogen-bond acceptors (Lipinski definition) is 5. The Balaban J connectivity index is 1.99.